The lowest BCUT2D eigenvalue weighted by Gasteiger charge is -2.11. The summed E-state index contributed by atoms with van der Waals surface area (Å²) < 4.78 is 4.98. The summed E-state index contributed by atoms with van der Waals surface area (Å²) in [4.78, 5) is 13.8. The molecule has 0 aliphatic heterocycles. The third-order valence-electron chi connectivity index (χ3n) is 3.53. The molecule has 0 bridgehead atoms. The first-order valence-corrected chi connectivity index (χ1v) is 6.55. The summed E-state index contributed by atoms with van der Waals surface area (Å²) in [7, 11) is 0. The molecule has 4 nitrogen and oxygen atoms in total. The molecule has 0 unspecified atom stereocenters. The first kappa shape index (κ1) is 12.5. The van der Waals surface area contributed by atoms with Crippen LogP contribution in [0.5, 0.6) is 0 Å². The smallest absolute Gasteiger partial charge is 0.408 e. The van der Waals surface area contributed by atoms with E-state index in [1.165, 1.54) is 16.7 Å². The summed E-state index contributed by atoms with van der Waals surface area (Å²) in [5, 5.41) is 3.38. The van der Waals surface area contributed by atoms with E-state index in [1.807, 2.05) is 12.1 Å². The van der Waals surface area contributed by atoms with Crippen LogP contribution in [0.25, 0.3) is 11.1 Å². The second kappa shape index (κ2) is 4.89. The summed E-state index contributed by atoms with van der Waals surface area (Å²) in [5.41, 5.74) is 6.09. The Balaban J connectivity index is 1.84. The summed E-state index contributed by atoms with van der Waals surface area (Å²) in [5.74, 6) is -0.424. The fraction of sp³-hybridized carbons (Fsp3) is 0.188. The number of hydrogen-bond acceptors (Lipinski definition) is 3. The van der Waals surface area contributed by atoms with Crippen molar-refractivity contribution in [3.05, 3.63) is 63.6 Å². The van der Waals surface area contributed by atoms with Crippen molar-refractivity contribution in [2.24, 2.45) is 0 Å². The molecular formula is C16H16N2O2. The van der Waals surface area contributed by atoms with Crippen LogP contribution < -0.4 is 11.1 Å². The number of aryl methyl sites for hydroxylation is 2. The molecule has 0 saturated carbocycles. The quantitative estimate of drug-likeness (QED) is 0.766. The van der Waals surface area contributed by atoms with Gasteiger partial charge in [0.1, 0.15) is 0 Å². The first-order valence-electron chi connectivity index (χ1n) is 6.55. The van der Waals surface area contributed by atoms with Gasteiger partial charge in [0.25, 0.3) is 0 Å². The lowest BCUT2D eigenvalue weighted by Crippen LogP contribution is -2.03. The Kier molecular flexibility index (Phi) is 3.06. The van der Waals surface area contributed by atoms with Crippen molar-refractivity contribution in [3.8, 4) is 0 Å². The van der Waals surface area contributed by atoms with Crippen LogP contribution in [-0.4, -0.2) is 4.98 Å². The van der Waals surface area contributed by atoms with E-state index in [2.05, 4.69) is 42.3 Å². The van der Waals surface area contributed by atoms with Crippen molar-refractivity contribution in [2.45, 2.75) is 20.4 Å². The van der Waals surface area contributed by atoms with Gasteiger partial charge in [0.15, 0.2) is 5.58 Å². The zero-order chi connectivity index (χ0) is 14.1. The number of hydrogen-bond donors (Lipinski definition) is 2. The summed E-state index contributed by atoms with van der Waals surface area (Å²) >= 11 is 0. The molecule has 1 heterocycles. The van der Waals surface area contributed by atoms with Crippen LogP contribution in [0.1, 0.15) is 16.7 Å². The van der Waals surface area contributed by atoms with E-state index >= 15 is 0 Å². The first-order chi connectivity index (χ1) is 9.63. The topological polar surface area (TPSA) is 58.0 Å². The van der Waals surface area contributed by atoms with Crippen LogP contribution in [0, 0.1) is 13.8 Å². The zero-order valence-corrected chi connectivity index (χ0v) is 11.5. The van der Waals surface area contributed by atoms with Gasteiger partial charge in [0.2, 0.25) is 0 Å². The maximum Gasteiger partial charge on any atom is 0.417 e. The van der Waals surface area contributed by atoms with Crippen molar-refractivity contribution in [2.75, 3.05) is 5.32 Å². The van der Waals surface area contributed by atoms with Gasteiger partial charge in [-0.25, -0.2) is 4.79 Å². The minimum Gasteiger partial charge on any atom is -0.408 e. The van der Waals surface area contributed by atoms with E-state index in [-0.39, 0.29) is 0 Å². The molecule has 3 aromatic rings. The number of oxazole rings is 1. The highest BCUT2D eigenvalue weighted by Gasteiger charge is 2.04. The van der Waals surface area contributed by atoms with Gasteiger partial charge in [-0.15, -0.1) is 0 Å². The number of nitrogens with one attached hydrogen (secondary N) is 2. The van der Waals surface area contributed by atoms with E-state index < -0.39 is 5.76 Å². The van der Waals surface area contributed by atoms with Gasteiger partial charge in [0, 0.05) is 12.2 Å². The number of anilines is 1. The standard InChI is InChI=1S/C16H16N2O2/c1-10-4-3-5-11(2)13(10)9-17-12-6-7-15-14(8-12)18-16(19)20-15/h3-8,17H,9H2,1-2H3,(H,18,19). The largest absolute Gasteiger partial charge is 0.417 e. The molecule has 0 fully saturated rings. The van der Waals surface area contributed by atoms with Gasteiger partial charge in [-0.05, 0) is 48.7 Å². The molecule has 0 spiro atoms. The average Bonchev–Trinajstić information content (AvgIpc) is 2.77. The van der Waals surface area contributed by atoms with Crippen molar-refractivity contribution < 1.29 is 4.42 Å². The second-order valence-electron chi connectivity index (χ2n) is 4.95. The van der Waals surface area contributed by atoms with Crippen LogP contribution in [0.4, 0.5) is 5.69 Å². The molecule has 1 aromatic heterocycles. The Morgan fingerprint density at radius 1 is 1.15 bits per heavy atom. The zero-order valence-electron chi connectivity index (χ0n) is 11.5. The van der Waals surface area contributed by atoms with E-state index in [1.54, 1.807) is 6.07 Å². The Hall–Kier alpha value is -2.49. The minimum atomic E-state index is -0.424. The van der Waals surface area contributed by atoms with Crippen LogP contribution in [0.15, 0.2) is 45.6 Å². The Morgan fingerprint density at radius 2 is 1.90 bits per heavy atom. The fourth-order valence-electron chi connectivity index (χ4n) is 2.38. The van der Waals surface area contributed by atoms with Crippen molar-refractivity contribution in [3.63, 3.8) is 0 Å². The van der Waals surface area contributed by atoms with Crippen LogP contribution in [0.2, 0.25) is 0 Å². The van der Waals surface area contributed by atoms with Gasteiger partial charge in [-0.1, -0.05) is 18.2 Å². The maximum absolute atomic E-state index is 11.1. The van der Waals surface area contributed by atoms with E-state index in [4.69, 9.17) is 4.42 Å². The highest BCUT2D eigenvalue weighted by molar-refractivity contribution is 5.76. The normalized spacial score (nSPS) is 10.9. The molecule has 2 N–H and O–H groups in total. The number of aromatic nitrogens is 1. The Bertz CT molecular complexity index is 794. The molecule has 0 aliphatic rings. The lowest BCUT2D eigenvalue weighted by atomic mass is 10.0. The van der Waals surface area contributed by atoms with Crippen molar-refractivity contribution in [1.29, 1.82) is 0 Å². The van der Waals surface area contributed by atoms with Crippen LogP contribution >= 0.6 is 0 Å². The van der Waals surface area contributed by atoms with E-state index in [9.17, 15) is 4.79 Å². The number of H-pyrrole nitrogens is 1. The van der Waals surface area contributed by atoms with Crippen LogP contribution in [0.3, 0.4) is 0 Å². The van der Waals surface area contributed by atoms with Gasteiger partial charge in [-0.3, -0.25) is 4.98 Å². The van der Waals surface area contributed by atoms with Gasteiger partial charge < -0.3 is 9.73 Å². The predicted molar refractivity (Wildman–Crippen MR) is 80.1 cm³/mol. The molecule has 102 valence electrons. The molecule has 0 radical (unpaired) electrons. The summed E-state index contributed by atoms with van der Waals surface area (Å²) in [6.45, 7) is 4.98. The fourth-order valence-corrected chi connectivity index (χ4v) is 2.38. The number of rotatable bonds is 3. The van der Waals surface area contributed by atoms with Gasteiger partial charge >= 0.3 is 5.76 Å². The molecule has 0 atom stereocenters. The lowest BCUT2D eigenvalue weighted by molar-refractivity contribution is 0.555. The highest BCUT2D eigenvalue weighted by Crippen LogP contribution is 2.19. The predicted octanol–water partition coefficient (Wildman–Crippen LogP) is 3.35. The monoisotopic (exact) mass is 268 g/mol. The van der Waals surface area contributed by atoms with Crippen LogP contribution in [-0.2, 0) is 6.54 Å². The maximum atomic E-state index is 11.1. The molecule has 3 rings (SSSR count). The Labute approximate surface area is 116 Å². The van der Waals surface area contributed by atoms with Gasteiger partial charge in [0.05, 0.1) is 5.52 Å². The minimum absolute atomic E-state index is 0.424. The molecule has 0 amide bonds. The molecule has 4 heteroatoms. The van der Waals surface area contributed by atoms with Gasteiger partial charge in [-0.2, -0.15) is 0 Å². The van der Waals surface area contributed by atoms with E-state index in [0.29, 0.717) is 11.1 Å². The van der Waals surface area contributed by atoms with Crippen molar-refractivity contribution >= 4 is 16.8 Å². The molecule has 0 aliphatic carbocycles. The third-order valence-corrected chi connectivity index (χ3v) is 3.53. The number of aromatic amines is 1. The molecule has 0 saturated heterocycles. The highest BCUT2D eigenvalue weighted by atomic mass is 16.4. The number of fused-ring (bicyclic) bond motifs is 1. The summed E-state index contributed by atoms with van der Waals surface area (Å²) in [6.07, 6.45) is 0. The molecular weight excluding hydrogens is 252 g/mol. The molecule has 2 aromatic carbocycles. The second-order valence-corrected chi connectivity index (χ2v) is 4.95. The third kappa shape index (κ3) is 2.32. The SMILES string of the molecule is Cc1cccc(C)c1CNc1ccc2oc(=O)[nH]c2c1. The Morgan fingerprint density at radius 3 is 2.65 bits per heavy atom. The molecule has 20 heavy (non-hydrogen) atoms. The average molecular weight is 268 g/mol. The summed E-state index contributed by atoms with van der Waals surface area (Å²) in [6, 6.07) is 11.9. The number of benzene rings is 2. The van der Waals surface area contributed by atoms with Crippen molar-refractivity contribution in [1.82, 2.24) is 4.98 Å². The van der Waals surface area contributed by atoms with E-state index in [0.717, 1.165) is 12.2 Å².